The van der Waals surface area contributed by atoms with Gasteiger partial charge in [-0.1, -0.05) is 54.6 Å². The summed E-state index contributed by atoms with van der Waals surface area (Å²) in [6, 6.07) is 22.4. The number of methoxy groups -OCH3 is 1. The van der Waals surface area contributed by atoms with E-state index in [-0.39, 0.29) is 5.91 Å². The van der Waals surface area contributed by atoms with Crippen molar-refractivity contribution in [2.24, 2.45) is 0 Å². The molecule has 1 amide bonds. The summed E-state index contributed by atoms with van der Waals surface area (Å²) >= 11 is 0. The summed E-state index contributed by atoms with van der Waals surface area (Å²) in [5, 5.41) is 2.20. The number of anilines is 1. The van der Waals surface area contributed by atoms with E-state index >= 15 is 0 Å². The maximum atomic E-state index is 13.9. The lowest BCUT2D eigenvalue weighted by atomic mass is 9.96. The monoisotopic (exact) mass is 481 g/mol. The maximum absolute atomic E-state index is 13.9. The quantitative estimate of drug-likeness (QED) is 0.373. The lowest BCUT2D eigenvalue weighted by Gasteiger charge is -2.29. The van der Waals surface area contributed by atoms with Crippen molar-refractivity contribution in [3.05, 3.63) is 89.6 Å². The predicted octanol–water partition coefficient (Wildman–Crippen LogP) is 5.33. The smallest absolute Gasteiger partial charge is 0.256 e. The molecule has 1 aliphatic heterocycles. The Kier molecular flexibility index (Phi) is 6.87. The molecule has 0 saturated carbocycles. The normalized spacial score (nSPS) is 13.6. The zero-order valence-corrected chi connectivity index (χ0v) is 21.0. The van der Waals surface area contributed by atoms with Gasteiger partial charge in [-0.3, -0.25) is 4.79 Å². The molecule has 0 unspecified atom stereocenters. The van der Waals surface area contributed by atoms with E-state index in [9.17, 15) is 4.79 Å². The Balaban J connectivity index is 1.53. The lowest BCUT2D eigenvalue weighted by Crippen LogP contribution is -2.37. The van der Waals surface area contributed by atoms with Gasteiger partial charge in [-0.15, -0.1) is 0 Å². The molecule has 1 fully saturated rings. The third-order valence-corrected chi connectivity index (χ3v) is 6.85. The predicted molar refractivity (Wildman–Crippen MR) is 144 cm³/mol. The van der Waals surface area contributed by atoms with Crippen molar-refractivity contribution in [2.75, 3.05) is 45.4 Å². The van der Waals surface area contributed by atoms with Crippen LogP contribution in [0.1, 0.15) is 21.5 Å². The van der Waals surface area contributed by atoms with Gasteiger partial charge in [-0.25, -0.2) is 4.98 Å². The minimum Gasteiger partial charge on any atom is -0.496 e. The molecule has 0 N–H and O–H groups in total. The molecule has 5 rings (SSSR count). The van der Waals surface area contributed by atoms with Gasteiger partial charge in [0.05, 0.1) is 25.9 Å². The van der Waals surface area contributed by atoms with Crippen LogP contribution in [0.4, 0.5) is 5.82 Å². The fourth-order valence-corrected chi connectivity index (χ4v) is 4.86. The van der Waals surface area contributed by atoms with Crippen LogP contribution in [0.25, 0.3) is 21.9 Å². The molecule has 6 nitrogen and oxygen atoms in total. The molecule has 2 heterocycles. The number of hydrogen-bond acceptors (Lipinski definition) is 5. The molecule has 0 aliphatic carbocycles. The third kappa shape index (κ3) is 4.64. The number of fused-ring (bicyclic) bond motifs is 1. The summed E-state index contributed by atoms with van der Waals surface area (Å²) in [4.78, 5) is 22.6. The standard InChI is InChI=1S/C30H31N3O3/c1-21-8-4-6-10-23(21)25-18-29(33-14-16-36-17-15-33)31-19-26(25)30(34)32(2)20-27-24-11-7-5-9-22(24)12-13-28(27)35-3/h4-13,18-19H,14-17,20H2,1-3H3. The zero-order valence-electron chi connectivity index (χ0n) is 21.0. The van der Waals surface area contributed by atoms with Crippen molar-refractivity contribution in [3.63, 3.8) is 0 Å². The summed E-state index contributed by atoms with van der Waals surface area (Å²) in [5.74, 6) is 1.56. The van der Waals surface area contributed by atoms with E-state index in [4.69, 9.17) is 14.5 Å². The first-order chi connectivity index (χ1) is 17.6. The van der Waals surface area contributed by atoms with Crippen LogP contribution in [0.3, 0.4) is 0 Å². The van der Waals surface area contributed by atoms with Crippen molar-refractivity contribution >= 4 is 22.5 Å². The zero-order chi connectivity index (χ0) is 25.1. The summed E-state index contributed by atoms with van der Waals surface area (Å²) in [6.07, 6.45) is 1.73. The highest BCUT2D eigenvalue weighted by Crippen LogP contribution is 2.33. The molecule has 0 atom stereocenters. The number of rotatable bonds is 6. The Morgan fingerprint density at radius 3 is 2.56 bits per heavy atom. The van der Waals surface area contributed by atoms with E-state index in [0.717, 1.165) is 57.7 Å². The number of carbonyl (C=O) groups excluding carboxylic acids is 1. The molecule has 184 valence electrons. The number of pyridine rings is 1. The lowest BCUT2D eigenvalue weighted by molar-refractivity contribution is 0.0785. The first-order valence-corrected chi connectivity index (χ1v) is 12.3. The first-order valence-electron chi connectivity index (χ1n) is 12.3. The van der Waals surface area contributed by atoms with Crippen LogP contribution >= 0.6 is 0 Å². The minimum atomic E-state index is -0.0794. The van der Waals surface area contributed by atoms with Crippen molar-refractivity contribution < 1.29 is 14.3 Å². The largest absolute Gasteiger partial charge is 0.496 e. The summed E-state index contributed by atoms with van der Waals surface area (Å²) in [6.45, 7) is 5.42. The molecule has 3 aromatic carbocycles. The van der Waals surface area contributed by atoms with Crippen LogP contribution in [-0.4, -0.2) is 56.3 Å². The minimum absolute atomic E-state index is 0.0794. The van der Waals surface area contributed by atoms with Crippen molar-refractivity contribution in [1.29, 1.82) is 0 Å². The van der Waals surface area contributed by atoms with Gasteiger partial charge >= 0.3 is 0 Å². The molecule has 0 spiro atoms. The fraction of sp³-hybridized carbons (Fsp3) is 0.267. The summed E-state index contributed by atoms with van der Waals surface area (Å²) < 4.78 is 11.2. The van der Waals surface area contributed by atoms with Crippen molar-refractivity contribution in [3.8, 4) is 16.9 Å². The Bertz CT molecular complexity index is 1400. The van der Waals surface area contributed by atoms with Crippen molar-refractivity contribution in [1.82, 2.24) is 9.88 Å². The van der Waals surface area contributed by atoms with Crippen LogP contribution in [0.15, 0.2) is 72.9 Å². The van der Waals surface area contributed by atoms with Gasteiger partial charge in [0.15, 0.2) is 0 Å². The van der Waals surface area contributed by atoms with Crippen LogP contribution < -0.4 is 9.64 Å². The number of amides is 1. The molecule has 1 aliphatic rings. The second kappa shape index (κ2) is 10.4. The molecular weight excluding hydrogens is 450 g/mol. The van der Waals surface area contributed by atoms with Gasteiger partial charge in [0.1, 0.15) is 11.6 Å². The van der Waals surface area contributed by atoms with Gasteiger partial charge in [-0.05, 0) is 46.5 Å². The second-order valence-electron chi connectivity index (χ2n) is 9.13. The third-order valence-electron chi connectivity index (χ3n) is 6.85. The van der Waals surface area contributed by atoms with Crippen LogP contribution in [0, 0.1) is 6.92 Å². The van der Waals surface area contributed by atoms with E-state index in [2.05, 4.69) is 36.1 Å². The summed E-state index contributed by atoms with van der Waals surface area (Å²) in [5.41, 5.74) is 4.62. The highest BCUT2D eigenvalue weighted by Gasteiger charge is 2.23. The molecule has 4 aromatic rings. The van der Waals surface area contributed by atoms with E-state index in [1.54, 1.807) is 18.2 Å². The SMILES string of the molecule is COc1ccc2ccccc2c1CN(C)C(=O)c1cnc(N2CCOCC2)cc1-c1ccccc1C. The number of aromatic nitrogens is 1. The molecule has 6 heteroatoms. The molecule has 1 aromatic heterocycles. The van der Waals surface area contributed by atoms with Gasteiger partial charge in [-0.2, -0.15) is 0 Å². The Morgan fingerprint density at radius 1 is 1.03 bits per heavy atom. The molecular formula is C30H31N3O3. The van der Waals surface area contributed by atoms with Crippen molar-refractivity contribution in [2.45, 2.75) is 13.5 Å². The number of ether oxygens (including phenoxy) is 2. The fourth-order valence-electron chi connectivity index (χ4n) is 4.86. The Labute approximate surface area is 212 Å². The van der Waals surface area contributed by atoms with E-state index < -0.39 is 0 Å². The Morgan fingerprint density at radius 2 is 1.78 bits per heavy atom. The van der Waals surface area contributed by atoms with Crippen LogP contribution in [-0.2, 0) is 11.3 Å². The second-order valence-corrected chi connectivity index (χ2v) is 9.13. The topological polar surface area (TPSA) is 54.9 Å². The molecule has 0 radical (unpaired) electrons. The van der Waals surface area contributed by atoms with E-state index in [1.165, 1.54) is 0 Å². The van der Waals surface area contributed by atoms with Crippen LogP contribution in [0.2, 0.25) is 0 Å². The maximum Gasteiger partial charge on any atom is 0.256 e. The summed E-state index contributed by atoms with van der Waals surface area (Å²) in [7, 11) is 3.50. The molecule has 0 bridgehead atoms. The number of carbonyl (C=O) groups is 1. The highest BCUT2D eigenvalue weighted by atomic mass is 16.5. The number of hydrogen-bond donors (Lipinski definition) is 0. The Hall–Kier alpha value is -3.90. The van der Waals surface area contributed by atoms with E-state index in [0.29, 0.717) is 25.3 Å². The number of morpholine rings is 1. The number of aryl methyl sites for hydroxylation is 1. The van der Waals surface area contributed by atoms with E-state index in [1.807, 2.05) is 49.5 Å². The first kappa shape index (κ1) is 23.8. The average molecular weight is 482 g/mol. The number of nitrogens with zero attached hydrogens (tertiary/aromatic N) is 3. The molecule has 1 saturated heterocycles. The number of benzene rings is 3. The average Bonchev–Trinajstić information content (AvgIpc) is 2.93. The van der Waals surface area contributed by atoms with Gasteiger partial charge in [0, 0.05) is 38.4 Å². The highest BCUT2D eigenvalue weighted by molar-refractivity contribution is 6.01. The molecule has 36 heavy (non-hydrogen) atoms. The van der Waals surface area contributed by atoms with Gasteiger partial charge < -0.3 is 19.3 Å². The van der Waals surface area contributed by atoms with Gasteiger partial charge in [0.2, 0.25) is 0 Å². The van der Waals surface area contributed by atoms with Gasteiger partial charge in [0.25, 0.3) is 5.91 Å². The van der Waals surface area contributed by atoms with Crippen LogP contribution in [0.5, 0.6) is 5.75 Å².